The summed E-state index contributed by atoms with van der Waals surface area (Å²) in [6.07, 6.45) is 0.398. The highest BCUT2D eigenvalue weighted by molar-refractivity contribution is 5.67. The summed E-state index contributed by atoms with van der Waals surface area (Å²) in [7, 11) is 0. The van der Waals surface area contributed by atoms with Crippen LogP contribution in [0.25, 0.3) is 11.1 Å². The van der Waals surface area contributed by atoms with Crippen LogP contribution < -0.4 is 11.5 Å². The van der Waals surface area contributed by atoms with E-state index in [0.29, 0.717) is 6.42 Å². The Morgan fingerprint density at radius 1 is 0.812 bits per heavy atom. The van der Waals surface area contributed by atoms with E-state index >= 15 is 0 Å². The lowest BCUT2D eigenvalue weighted by Crippen LogP contribution is -2.32. The lowest BCUT2D eigenvalue weighted by molar-refractivity contribution is 0.704. The highest BCUT2D eigenvalue weighted by atomic mass is 14.8. The molecule has 0 aliphatic carbocycles. The fourth-order valence-corrected chi connectivity index (χ4v) is 1.85. The van der Waals surface area contributed by atoms with Crippen LogP contribution in [0.4, 0.5) is 0 Å². The Bertz CT molecular complexity index is 449. The summed E-state index contributed by atoms with van der Waals surface area (Å²) in [6.45, 7) is 0. The molecule has 0 amide bonds. The van der Waals surface area contributed by atoms with Crippen LogP contribution in [0.1, 0.15) is 5.56 Å². The van der Waals surface area contributed by atoms with Crippen LogP contribution >= 0.6 is 0 Å². The number of rotatable bonds is 3. The van der Waals surface area contributed by atoms with E-state index in [0.717, 1.165) is 0 Å². The minimum absolute atomic E-state index is 0.301. The van der Waals surface area contributed by atoms with Gasteiger partial charge in [-0.3, -0.25) is 0 Å². The van der Waals surface area contributed by atoms with Gasteiger partial charge in [-0.1, -0.05) is 54.6 Å². The maximum Gasteiger partial charge on any atom is 0.0562 e. The minimum atomic E-state index is -0.301. The third kappa shape index (κ3) is 2.48. The van der Waals surface area contributed by atoms with Gasteiger partial charge in [-0.05, 0) is 16.7 Å². The van der Waals surface area contributed by atoms with Gasteiger partial charge in [0.05, 0.1) is 6.17 Å². The third-order valence-corrected chi connectivity index (χ3v) is 2.56. The lowest BCUT2D eigenvalue weighted by atomic mass is 9.97. The van der Waals surface area contributed by atoms with Crippen LogP contribution in [0.15, 0.2) is 54.6 Å². The molecule has 2 nitrogen and oxygen atoms in total. The van der Waals surface area contributed by atoms with Crippen molar-refractivity contribution in [2.75, 3.05) is 0 Å². The van der Waals surface area contributed by atoms with E-state index in [9.17, 15) is 0 Å². The second kappa shape index (κ2) is 4.92. The van der Waals surface area contributed by atoms with Crippen LogP contribution in [0.3, 0.4) is 0 Å². The summed E-state index contributed by atoms with van der Waals surface area (Å²) in [5.41, 5.74) is 14.9. The first-order chi connectivity index (χ1) is 7.77. The standard InChI is InChI=1S/C14H16N2/c15-14(16)10-12-8-4-5-9-13(12)11-6-2-1-3-7-11/h1-9,14H,10,15-16H2. The Hall–Kier alpha value is -1.64. The van der Waals surface area contributed by atoms with Crippen molar-refractivity contribution in [3.8, 4) is 11.1 Å². The van der Waals surface area contributed by atoms with Crippen molar-refractivity contribution in [2.45, 2.75) is 12.6 Å². The SMILES string of the molecule is NC(N)Cc1ccccc1-c1ccccc1. The van der Waals surface area contributed by atoms with E-state index < -0.39 is 0 Å². The first-order valence-electron chi connectivity index (χ1n) is 5.42. The second-order valence-corrected chi connectivity index (χ2v) is 3.89. The van der Waals surface area contributed by atoms with Crippen LogP contribution in [0.5, 0.6) is 0 Å². The maximum absolute atomic E-state index is 5.65. The molecule has 16 heavy (non-hydrogen) atoms. The lowest BCUT2D eigenvalue weighted by Gasteiger charge is -2.11. The molecule has 2 rings (SSSR count). The Morgan fingerprint density at radius 2 is 1.44 bits per heavy atom. The topological polar surface area (TPSA) is 52.0 Å². The van der Waals surface area contributed by atoms with Crippen LogP contribution in [0.2, 0.25) is 0 Å². The zero-order valence-electron chi connectivity index (χ0n) is 9.14. The van der Waals surface area contributed by atoms with E-state index in [4.69, 9.17) is 11.5 Å². The van der Waals surface area contributed by atoms with Gasteiger partial charge in [-0.25, -0.2) is 0 Å². The van der Waals surface area contributed by atoms with E-state index in [2.05, 4.69) is 24.3 Å². The summed E-state index contributed by atoms with van der Waals surface area (Å²) in [5, 5.41) is 0. The molecule has 2 heteroatoms. The molecule has 0 aromatic heterocycles. The van der Waals surface area contributed by atoms with Gasteiger partial charge in [-0.2, -0.15) is 0 Å². The molecule has 82 valence electrons. The molecule has 0 spiro atoms. The molecule has 4 N–H and O–H groups in total. The molecule has 0 saturated heterocycles. The van der Waals surface area contributed by atoms with Gasteiger partial charge >= 0.3 is 0 Å². The highest BCUT2D eigenvalue weighted by Gasteiger charge is 2.05. The average molecular weight is 212 g/mol. The van der Waals surface area contributed by atoms with Gasteiger partial charge in [0.2, 0.25) is 0 Å². The number of hydrogen-bond donors (Lipinski definition) is 2. The largest absolute Gasteiger partial charge is 0.316 e. The van der Waals surface area contributed by atoms with Gasteiger partial charge in [0.15, 0.2) is 0 Å². The zero-order chi connectivity index (χ0) is 11.4. The van der Waals surface area contributed by atoms with Gasteiger partial charge in [0, 0.05) is 6.42 Å². The van der Waals surface area contributed by atoms with Crippen molar-refractivity contribution in [1.29, 1.82) is 0 Å². The van der Waals surface area contributed by atoms with Gasteiger partial charge in [-0.15, -0.1) is 0 Å². The molecule has 0 unspecified atom stereocenters. The number of benzene rings is 2. The molecule has 0 fully saturated rings. The van der Waals surface area contributed by atoms with Crippen LogP contribution in [0, 0.1) is 0 Å². The highest BCUT2D eigenvalue weighted by Crippen LogP contribution is 2.23. The molecular weight excluding hydrogens is 196 g/mol. The first kappa shape index (κ1) is 10.9. The number of nitrogens with two attached hydrogens (primary N) is 2. The normalized spacial score (nSPS) is 10.7. The van der Waals surface area contributed by atoms with E-state index in [1.807, 2.05) is 30.3 Å². The smallest absolute Gasteiger partial charge is 0.0562 e. The minimum Gasteiger partial charge on any atom is -0.316 e. The van der Waals surface area contributed by atoms with Crippen molar-refractivity contribution >= 4 is 0 Å². The predicted octanol–water partition coefficient (Wildman–Crippen LogP) is 2.14. The third-order valence-electron chi connectivity index (χ3n) is 2.56. The molecule has 2 aromatic carbocycles. The van der Waals surface area contributed by atoms with Crippen LogP contribution in [-0.2, 0) is 6.42 Å². The Labute approximate surface area is 95.9 Å². The monoisotopic (exact) mass is 212 g/mol. The second-order valence-electron chi connectivity index (χ2n) is 3.89. The molecule has 0 heterocycles. The molecule has 0 aliphatic heterocycles. The first-order valence-corrected chi connectivity index (χ1v) is 5.42. The fourth-order valence-electron chi connectivity index (χ4n) is 1.85. The predicted molar refractivity (Wildman–Crippen MR) is 67.7 cm³/mol. The Balaban J connectivity index is 2.41. The molecule has 2 aromatic rings. The summed E-state index contributed by atoms with van der Waals surface area (Å²) < 4.78 is 0. The average Bonchev–Trinajstić information content (AvgIpc) is 2.30. The Kier molecular flexibility index (Phi) is 3.34. The molecule has 0 bridgehead atoms. The van der Waals surface area contributed by atoms with Crippen molar-refractivity contribution in [3.05, 3.63) is 60.2 Å². The summed E-state index contributed by atoms with van der Waals surface area (Å²) in [5.74, 6) is 0. The maximum atomic E-state index is 5.65. The van der Waals surface area contributed by atoms with Crippen molar-refractivity contribution < 1.29 is 0 Å². The molecule has 0 atom stereocenters. The molecule has 0 aliphatic rings. The molecular formula is C14H16N2. The van der Waals surface area contributed by atoms with Gasteiger partial charge in [0.1, 0.15) is 0 Å². The van der Waals surface area contributed by atoms with Crippen LogP contribution in [-0.4, -0.2) is 6.17 Å². The fraction of sp³-hybridized carbons (Fsp3) is 0.143. The Morgan fingerprint density at radius 3 is 2.12 bits per heavy atom. The van der Waals surface area contributed by atoms with Gasteiger partial charge in [0.25, 0.3) is 0 Å². The van der Waals surface area contributed by atoms with Crippen molar-refractivity contribution in [2.24, 2.45) is 11.5 Å². The van der Waals surface area contributed by atoms with E-state index in [1.54, 1.807) is 0 Å². The van der Waals surface area contributed by atoms with Crippen molar-refractivity contribution in [1.82, 2.24) is 0 Å². The quantitative estimate of drug-likeness (QED) is 0.766. The molecule has 0 radical (unpaired) electrons. The summed E-state index contributed by atoms with van der Waals surface area (Å²) >= 11 is 0. The van der Waals surface area contributed by atoms with E-state index in [1.165, 1.54) is 16.7 Å². The summed E-state index contributed by atoms with van der Waals surface area (Å²) in [6, 6.07) is 18.5. The van der Waals surface area contributed by atoms with Crippen molar-refractivity contribution in [3.63, 3.8) is 0 Å². The number of hydrogen-bond acceptors (Lipinski definition) is 2. The zero-order valence-corrected chi connectivity index (χ0v) is 9.14. The van der Waals surface area contributed by atoms with E-state index in [-0.39, 0.29) is 6.17 Å². The van der Waals surface area contributed by atoms with Gasteiger partial charge < -0.3 is 11.5 Å². The molecule has 0 saturated carbocycles. The summed E-state index contributed by atoms with van der Waals surface area (Å²) in [4.78, 5) is 0.